The van der Waals surface area contributed by atoms with E-state index in [1.165, 1.54) is 0 Å². The lowest BCUT2D eigenvalue weighted by Crippen LogP contribution is -2.17. The van der Waals surface area contributed by atoms with Crippen molar-refractivity contribution in [3.63, 3.8) is 0 Å². The number of anilines is 1. The molecule has 4 nitrogen and oxygen atoms in total. The van der Waals surface area contributed by atoms with Crippen LogP contribution in [0, 0.1) is 6.92 Å². The van der Waals surface area contributed by atoms with Crippen molar-refractivity contribution in [1.29, 1.82) is 0 Å². The maximum Gasteiger partial charge on any atom is 0.272 e. The zero-order chi connectivity index (χ0) is 14.3. The van der Waals surface area contributed by atoms with Gasteiger partial charge >= 0.3 is 0 Å². The summed E-state index contributed by atoms with van der Waals surface area (Å²) in [5.74, 6) is -0.184. The van der Waals surface area contributed by atoms with Crippen LogP contribution in [0.5, 0.6) is 0 Å². The second-order valence-corrected chi connectivity index (χ2v) is 5.73. The van der Waals surface area contributed by atoms with E-state index >= 15 is 0 Å². The average Bonchev–Trinajstić information content (AvgIpc) is 3.16. The Morgan fingerprint density at radius 2 is 2.15 bits per heavy atom. The fourth-order valence-electron chi connectivity index (χ4n) is 2.13. The Morgan fingerprint density at radius 1 is 1.40 bits per heavy atom. The number of pyridine rings is 1. The Morgan fingerprint density at radius 3 is 2.80 bits per heavy atom. The van der Waals surface area contributed by atoms with E-state index in [0.29, 0.717) is 33.3 Å². The summed E-state index contributed by atoms with van der Waals surface area (Å²) < 4.78 is 1.94. The quantitative estimate of drug-likeness (QED) is 0.868. The summed E-state index contributed by atoms with van der Waals surface area (Å²) in [6.07, 6.45) is 3.99. The van der Waals surface area contributed by atoms with Crippen LogP contribution in [0.2, 0.25) is 10.2 Å². The molecule has 1 aliphatic rings. The summed E-state index contributed by atoms with van der Waals surface area (Å²) in [5, 5.41) is 3.83. The topological polar surface area (TPSA) is 46.9 Å². The second kappa shape index (κ2) is 5.11. The Bertz CT molecular complexity index is 677. The van der Waals surface area contributed by atoms with Crippen molar-refractivity contribution in [2.24, 2.45) is 0 Å². The van der Waals surface area contributed by atoms with Crippen LogP contribution < -0.4 is 5.32 Å². The highest BCUT2D eigenvalue weighted by atomic mass is 35.5. The molecule has 2 aromatic rings. The largest absolute Gasteiger partial charge is 0.339 e. The molecule has 3 rings (SSSR count). The Balaban J connectivity index is 1.86. The molecule has 104 valence electrons. The van der Waals surface area contributed by atoms with Crippen LogP contribution in [0.25, 0.3) is 0 Å². The number of amides is 1. The molecule has 0 aliphatic heterocycles. The van der Waals surface area contributed by atoms with Gasteiger partial charge in [-0.2, -0.15) is 0 Å². The smallest absolute Gasteiger partial charge is 0.272 e. The van der Waals surface area contributed by atoms with Gasteiger partial charge in [-0.3, -0.25) is 4.79 Å². The molecule has 1 amide bonds. The van der Waals surface area contributed by atoms with Gasteiger partial charge in [0.15, 0.2) is 0 Å². The monoisotopic (exact) mass is 309 g/mol. The van der Waals surface area contributed by atoms with E-state index in [9.17, 15) is 4.79 Å². The lowest BCUT2D eigenvalue weighted by molar-refractivity contribution is 0.101. The molecule has 20 heavy (non-hydrogen) atoms. The van der Waals surface area contributed by atoms with Crippen molar-refractivity contribution in [2.75, 3.05) is 5.32 Å². The third kappa shape index (κ3) is 2.67. The summed E-state index contributed by atoms with van der Waals surface area (Å²) in [5.41, 5.74) is 1.91. The Kier molecular flexibility index (Phi) is 3.44. The second-order valence-electron chi connectivity index (χ2n) is 4.90. The van der Waals surface area contributed by atoms with E-state index < -0.39 is 0 Å². The first kappa shape index (κ1) is 13.5. The number of carbonyl (C=O) groups excluding carboxylic acids is 1. The first-order valence-corrected chi connectivity index (χ1v) is 7.12. The lowest BCUT2D eigenvalue weighted by Gasteiger charge is -2.10. The Hall–Kier alpha value is -1.52. The maximum atomic E-state index is 12.4. The minimum atomic E-state index is -0.184. The van der Waals surface area contributed by atoms with Gasteiger partial charge in [0.25, 0.3) is 5.91 Å². The molecular weight excluding hydrogens is 297 g/mol. The molecule has 2 aromatic heterocycles. The van der Waals surface area contributed by atoms with Gasteiger partial charge in [-0.15, -0.1) is 0 Å². The molecule has 0 atom stereocenters. The van der Waals surface area contributed by atoms with E-state index in [1.54, 1.807) is 31.3 Å². The number of halogens is 2. The maximum absolute atomic E-state index is 12.4. The molecule has 6 heteroatoms. The van der Waals surface area contributed by atoms with E-state index in [4.69, 9.17) is 23.2 Å². The molecule has 1 N–H and O–H groups in total. The van der Waals surface area contributed by atoms with Gasteiger partial charge in [-0.05, 0) is 38.0 Å². The molecule has 0 aromatic carbocycles. The van der Waals surface area contributed by atoms with Crippen LogP contribution in [-0.2, 0) is 0 Å². The summed E-state index contributed by atoms with van der Waals surface area (Å²) in [6.45, 7) is 1.80. The lowest BCUT2D eigenvalue weighted by atomic mass is 10.3. The van der Waals surface area contributed by atoms with Gasteiger partial charge in [0.1, 0.15) is 10.8 Å². The van der Waals surface area contributed by atoms with Crippen molar-refractivity contribution in [2.45, 2.75) is 25.8 Å². The molecule has 1 aliphatic carbocycles. The standard InChI is InChI=1S/C14H13Cl2N3O/c1-8-11(4-5-13(16)17-8)18-14(20)12-6-9(15)7-19(12)10-2-3-10/h4-7,10H,2-3H2,1H3,(H,18,20). The number of aryl methyl sites for hydroxylation is 1. The number of nitrogens with one attached hydrogen (secondary N) is 1. The normalized spacial score (nSPS) is 14.3. The minimum absolute atomic E-state index is 0.184. The molecule has 0 unspecified atom stereocenters. The number of hydrogen-bond acceptors (Lipinski definition) is 2. The zero-order valence-corrected chi connectivity index (χ0v) is 12.4. The number of aromatic nitrogens is 2. The van der Waals surface area contributed by atoms with Crippen molar-refractivity contribution >= 4 is 34.8 Å². The Labute approximate surface area is 126 Å². The molecular formula is C14H13Cl2N3O. The van der Waals surface area contributed by atoms with Gasteiger partial charge < -0.3 is 9.88 Å². The molecule has 0 spiro atoms. The summed E-state index contributed by atoms with van der Waals surface area (Å²) in [7, 11) is 0. The van der Waals surface area contributed by atoms with Crippen molar-refractivity contribution in [3.05, 3.63) is 46.0 Å². The number of nitrogens with zero attached hydrogens (tertiary/aromatic N) is 2. The van der Waals surface area contributed by atoms with Gasteiger partial charge in [-0.25, -0.2) is 4.98 Å². The summed E-state index contributed by atoms with van der Waals surface area (Å²) in [6, 6.07) is 5.48. The fraction of sp³-hybridized carbons (Fsp3) is 0.286. The predicted molar refractivity (Wildman–Crippen MR) is 79.7 cm³/mol. The van der Waals surface area contributed by atoms with Crippen LogP contribution in [0.1, 0.15) is 35.1 Å². The van der Waals surface area contributed by atoms with Crippen molar-refractivity contribution < 1.29 is 4.79 Å². The average molecular weight is 310 g/mol. The van der Waals surface area contributed by atoms with Gasteiger partial charge in [0.05, 0.1) is 16.4 Å². The molecule has 0 bridgehead atoms. The molecule has 1 fully saturated rings. The molecule has 0 saturated heterocycles. The van der Waals surface area contributed by atoms with Crippen LogP contribution in [0.3, 0.4) is 0 Å². The van der Waals surface area contributed by atoms with Gasteiger partial charge in [0.2, 0.25) is 0 Å². The van der Waals surface area contributed by atoms with Gasteiger partial charge in [-0.1, -0.05) is 23.2 Å². The fourth-order valence-corrected chi connectivity index (χ4v) is 2.53. The SMILES string of the molecule is Cc1nc(Cl)ccc1NC(=O)c1cc(Cl)cn1C1CC1. The highest BCUT2D eigenvalue weighted by Gasteiger charge is 2.28. The van der Waals surface area contributed by atoms with E-state index in [1.807, 2.05) is 4.57 Å². The molecule has 0 radical (unpaired) electrons. The van der Waals surface area contributed by atoms with Crippen LogP contribution in [-0.4, -0.2) is 15.5 Å². The number of rotatable bonds is 3. The first-order valence-electron chi connectivity index (χ1n) is 6.36. The third-order valence-electron chi connectivity index (χ3n) is 3.29. The highest BCUT2D eigenvalue weighted by Crippen LogP contribution is 2.37. The summed E-state index contributed by atoms with van der Waals surface area (Å²) in [4.78, 5) is 16.5. The van der Waals surface area contributed by atoms with E-state index in [-0.39, 0.29) is 5.91 Å². The van der Waals surface area contributed by atoms with Crippen LogP contribution >= 0.6 is 23.2 Å². The minimum Gasteiger partial charge on any atom is -0.339 e. The van der Waals surface area contributed by atoms with Crippen molar-refractivity contribution in [1.82, 2.24) is 9.55 Å². The zero-order valence-electron chi connectivity index (χ0n) is 10.9. The molecule has 2 heterocycles. The number of hydrogen-bond donors (Lipinski definition) is 1. The van der Waals surface area contributed by atoms with E-state index in [2.05, 4.69) is 10.3 Å². The van der Waals surface area contributed by atoms with Crippen LogP contribution in [0.4, 0.5) is 5.69 Å². The van der Waals surface area contributed by atoms with Crippen molar-refractivity contribution in [3.8, 4) is 0 Å². The number of carbonyl (C=O) groups is 1. The summed E-state index contributed by atoms with van der Waals surface area (Å²) >= 11 is 11.8. The predicted octanol–water partition coefficient (Wildman–Crippen LogP) is 4.09. The first-order chi connectivity index (χ1) is 9.54. The third-order valence-corrected chi connectivity index (χ3v) is 3.71. The van der Waals surface area contributed by atoms with E-state index in [0.717, 1.165) is 12.8 Å². The molecule has 1 saturated carbocycles. The highest BCUT2D eigenvalue weighted by molar-refractivity contribution is 6.31. The van der Waals surface area contributed by atoms with Crippen LogP contribution in [0.15, 0.2) is 24.4 Å². The van der Waals surface area contributed by atoms with Gasteiger partial charge in [0, 0.05) is 12.2 Å².